The number of benzene rings is 2. The molecule has 1 aliphatic heterocycles. The van der Waals surface area contributed by atoms with E-state index in [1.54, 1.807) is 17.0 Å². The third-order valence-corrected chi connectivity index (χ3v) is 5.71. The van der Waals surface area contributed by atoms with E-state index >= 15 is 0 Å². The Bertz CT molecular complexity index is 874. The normalized spacial score (nSPS) is 14.3. The summed E-state index contributed by atoms with van der Waals surface area (Å²) in [5.41, 5.74) is 3.80. The molecule has 0 bridgehead atoms. The lowest BCUT2D eigenvalue weighted by Gasteiger charge is -2.30. The van der Waals surface area contributed by atoms with Crippen molar-refractivity contribution in [3.63, 3.8) is 0 Å². The van der Waals surface area contributed by atoms with Gasteiger partial charge in [0.2, 0.25) is 10.0 Å². The van der Waals surface area contributed by atoms with Crippen molar-refractivity contribution in [2.24, 2.45) is 0 Å². The molecule has 0 saturated heterocycles. The largest absolute Gasteiger partial charge is 0.308 e. The molecule has 2 aromatic rings. The zero-order valence-electron chi connectivity index (χ0n) is 13.7. The van der Waals surface area contributed by atoms with Gasteiger partial charge in [-0.3, -0.25) is 4.79 Å². The molecule has 0 aliphatic carbocycles. The second-order valence-electron chi connectivity index (χ2n) is 5.92. The van der Waals surface area contributed by atoms with Crippen LogP contribution in [0.5, 0.6) is 0 Å². The van der Waals surface area contributed by atoms with Crippen molar-refractivity contribution >= 4 is 21.6 Å². The summed E-state index contributed by atoms with van der Waals surface area (Å²) in [4.78, 5) is 14.8. The molecule has 0 radical (unpaired) electrons. The Morgan fingerprint density at radius 1 is 1.12 bits per heavy atom. The van der Waals surface area contributed by atoms with Gasteiger partial charge in [-0.1, -0.05) is 17.7 Å². The molecule has 6 heteroatoms. The van der Waals surface area contributed by atoms with Crippen LogP contribution in [0.3, 0.4) is 0 Å². The molecule has 24 heavy (non-hydrogen) atoms. The van der Waals surface area contributed by atoms with Crippen molar-refractivity contribution in [1.29, 1.82) is 0 Å². The van der Waals surface area contributed by atoms with Gasteiger partial charge in [-0.25, -0.2) is 13.1 Å². The fourth-order valence-electron chi connectivity index (χ4n) is 2.99. The molecule has 1 N–H and O–H groups in total. The van der Waals surface area contributed by atoms with Crippen molar-refractivity contribution in [3.05, 3.63) is 59.2 Å². The van der Waals surface area contributed by atoms with Crippen LogP contribution in [0, 0.1) is 6.92 Å². The fraction of sp³-hybridized carbons (Fsp3) is 0.278. The van der Waals surface area contributed by atoms with Crippen molar-refractivity contribution in [2.75, 3.05) is 18.5 Å². The average Bonchev–Trinajstić information content (AvgIpc) is 2.60. The fourth-order valence-corrected chi connectivity index (χ4v) is 3.72. The molecular formula is C18H20N2O3S. The molecule has 2 aromatic carbocycles. The molecule has 0 aromatic heterocycles. The zero-order chi connectivity index (χ0) is 17.3. The number of nitrogens with zero attached hydrogens (tertiary/aromatic N) is 1. The van der Waals surface area contributed by atoms with E-state index in [0.717, 1.165) is 18.5 Å². The molecule has 1 aliphatic rings. The summed E-state index contributed by atoms with van der Waals surface area (Å²) in [5.74, 6) is -0.104. The van der Waals surface area contributed by atoms with Gasteiger partial charge in [0.25, 0.3) is 5.91 Å². The Hall–Kier alpha value is -2.18. The predicted octanol–water partition coefficient (Wildman–Crippen LogP) is 2.50. The van der Waals surface area contributed by atoms with E-state index in [-0.39, 0.29) is 10.8 Å². The van der Waals surface area contributed by atoms with Gasteiger partial charge in [0.1, 0.15) is 0 Å². The second-order valence-corrected chi connectivity index (χ2v) is 7.81. The molecule has 3 rings (SSSR count). The van der Waals surface area contributed by atoms with E-state index < -0.39 is 10.0 Å². The van der Waals surface area contributed by atoms with Gasteiger partial charge < -0.3 is 4.90 Å². The highest BCUT2D eigenvalue weighted by Gasteiger charge is 2.24. The van der Waals surface area contributed by atoms with Crippen LogP contribution in [-0.4, -0.2) is 27.9 Å². The third kappa shape index (κ3) is 3.07. The Morgan fingerprint density at radius 3 is 2.50 bits per heavy atom. The number of carbonyl (C=O) groups is 1. The SMILES string of the molecule is CNS(=O)(=O)c1ccc(C(=O)N2CCCc3cc(C)ccc32)cc1. The number of hydrogen-bond donors (Lipinski definition) is 1. The first kappa shape index (κ1) is 16.7. The summed E-state index contributed by atoms with van der Waals surface area (Å²) >= 11 is 0. The number of amides is 1. The van der Waals surface area contributed by atoms with Gasteiger partial charge >= 0.3 is 0 Å². The zero-order valence-corrected chi connectivity index (χ0v) is 14.6. The van der Waals surface area contributed by atoms with Crippen LogP contribution in [0.25, 0.3) is 0 Å². The van der Waals surface area contributed by atoms with Crippen molar-refractivity contribution in [3.8, 4) is 0 Å². The van der Waals surface area contributed by atoms with Gasteiger partial charge in [-0.05, 0) is 62.7 Å². The summed E-state index contributed by atoms with van der Waals surface area (Å²) in [6.45, 7) is 2.72. The van der Waals surface area contributed by atoms with Crippen LogP contribution in [0.4, 0.5) is 5.69 Å². The van der Waals surface area contributed by atoms with Crippen LogP contribution in [0.15, 0.2) is 47.4 Å². The maximum Gasteiger partial charge on any atom is 0.258 e. The molecule has 0 atom stereocenters. The molecule has 0 spiro atoms. The van der Waals surface area contributed by atoms with Crippen LogP contribution >= 0.6 is 0 Å². The number of nitrogens with one attached hydrogen (secondary N) is 1. The molecule has 0 saturated carbocycles. The number of fused-ring (bicyclic) bond motifs is 1. The van der Waals surface area contributed by atoms with E-state index in [4.69, 9.17) is 0 Å². The number of hydrogen-bond acceptors (Lipinski definition) is 3. The van der Waals surface area contributed by atoms with E-state index in [0.29, 0.717) is 12.1 Å². The summed E-state index contributed by atoms with van der Waals surface area (Å²) in [7, 11) is -2.13. The Kier molecular flexibility index (Phi) is 4.43. The highest BCUT2D eigenvalue weighted by Crippen LogP contribution is 2.29. The summed E-state index contributed by atoms with van der Waals surface area (Å²) < 4.78 is 25.8. The monoisotopic (exact) mass is 344 g/mol. The minimum Gasteiger partial charge on any atom is -0.308 e. The number of aryl methyl sites for hydroxylation is 2. The van der Waals surface area contributed by atoms with Gasteiger partial charge in [0, 0.05) is 17.8 Å². The molecule has 0 fully saturated rings. The van der Waals surface area contributed by atoms with Gasteiger partial charge in [0.15, 0.2) is 0 Å². The molecule has 5 nitrogen and oxygen atoms in total. The van der Waals surface area contributed by atoms with Gasteiger partial charge in [0.05, 0.1) is 4.90 Å². The highest BCUT2D eigenvalue weighted by molar-refractivity contribution is 7.89. The first-order valence-electron chi connectivity index (χ1n) is 7.87. The maximum atomic E-state index is 12.8. The van der Waals surface area contributed by atoms with E-state index in [1.807, 2.05) is 19.1 Å². The lowest BCUT2D eigenvalue weighted by molar-refractivity contribution is 0.0985. The lowest BCUT2D eigenvalue weighted by Crippen LogP contribution is -2.35. The predicted molar refractivity (Wildman–Crippen MR) is 93.9 cm³/mol. The molecule has 1 amide bonds. The summed E-state index contributed by atoms with van der Waals surface area (Å²) in [6.07, 6.45) is 1.90. The van der Waals surface area contributed by atoms with Crippen LogP contribution in [0.2, 0.25) is 0 Å². The van der Waals surface area contributed by atoms with Crippen molar-refractivity contribution in [2.45, 2.75) is 24.7 Å². The minimum atomic E-state index is -3.49. The molecule has 0 unspecified atom stereocenters. The smallest absolute Gasteiger partial charge is 0.258 e. The standard InChI is InChI=1S/C18H20N2O3S/c1-13-5-10-17-15(12-13)4-3-11-20(17)18(21)14-6-8-16(9-7-14)24(22,23)19-2/h5-10,12,19H,3-4,11H2,1-2H3. The number of anilines is 1. The lowest BCUT2D eigenvalue weighted by atomic mass is 9.99. The molecular weight excluding hydrogens is 324 g/mol. The van der Waals surface area contributed by atoms with Crippen molar-refractivity contribution in [1.82, 2.24) is 4.72 Å². The highest BCUT2D eigenvalue weighted by atomic mass is 32.2. The van der Waals surface area contributed by atoms with E-state index in [9.17, 15) is 13.2 Å². The summed E-state index contributed by atoms with van der Waals surface area (Å²) in [5, 5.41) is 0. The number of sulfonamides is 1. The molecule has 126 valence electrons. The first-order valence-corrected chi connectivity index (χ1v) is 9.36. The number of carbonyl (C=O) groups excluding carboxylic acids is 1. The topological polar surface area (TPSA) is 66.5 Å². The Balaban J connectivity index is 1.91. The minimum absolute atomic E-state index is 0.104. The quantitative estimate of drug-likeness (QED) is 0.930. The van der Waals surface area contributed by atoms with Crippen LogP contribution in [-0.2, 0) is 16.4 Å². The van der Waals surface area contributed by atoms with Crippen LogP contribution in [0.1, 0.15) is 27.9 Å². The van der Waals surface area contributed by atoms with Gasteiger partial charge in [-0.15, -0.1) is 0 Å². The first-order chi connectivity index (χ1) is 11.4. The molecule has 1 heterocycles. The Labute approximate surface area is 142 Å². The second kappa shape index (κ2) is 6.37. The number of rotatable bonds is 3. The van der Waals surface area contributed by atoms with Crippen molar-refractivity contribution < 1.29 is 13.2 Å². The van der Waals surface area contributed by atoms with E-state index in [1.165, 1.54) is 30.3 Å². The summed E-state index contributed by atoms with van der Waals surface area (Å²) in [6, 6.07) is 12.2. The Morgan fingerprint density at radius 2 is 1.83 bits per heavy atom. The van der Waals surface area contributed by atoms with E-state index in [2.05, 4.69) is 10.8 Å². The third-order valence-electron chi connectivity index (χ3n) is 4.28. The van der Waals surface area contributed by atoms with Gasteiger partial charge in [-0.2, -0.15) is 0 Å². The average molecular weight is 344 g/mol. The maximum absolute atomic E-state index is 12.8. The van der Waals surface area contributed by atoms with Crippen LogP contribution < -0.4 is 9.62 Å².